The molecule has 1 aromatic rings. The minimum absolute atomic E-state index is 0.0784. The molecule has 0 saturated heterocycles. The zero-order valence-corrected chi connectivity index (χ0v) is 16.7. The predicted molar refractivity (Wildman–Crippen MR) is 103 cm³/mol. The van der Waals surface area contributed by atoms with E-state index in [2.05, 4.69) is 5.32 Å². The van der Waals surface area contributed by atoms with Crippen molar-refractivity contribution in [1.82, 2.24) is 5.32 Å². The van der Waals surface area contributed by atoms with Gasteiger partial charge in [-0.25, -0.2) is 4.79 Å². The Labute approximate surface area is 162 Å². The SMILES string of the molecule is COc1ccc(C(=O)C(CC(=O)N[C@@H](CC(C)C)C(=O)O)SC(C)=O)cc1. The fourth-order valence-corrected chi connectivity index (χ4v) is 3.32. The second-order valence-corrected chi connectivity index (χ2v) is 7.86. The molecule has 0 fully saturated rings. The summed E-state index contributed by atoms with van der Waals surface area (Å²) in [5.74, 6) is -1.42. The van der Waals surface area contributed by atoms with Gasteiger partial charge in [-0.1, -0.05) is 25.6 Å². The first-order valence-electron chi connectivity index (χ1n) is 8.51. The van der Waals surface area contributed by atoms with Gasteiger partial charge in [-0.2, -0.15) is 0 Å². The largest absolute Gasteiger partial charge is 0.497 e. The topological polar surface area (TPSA) is 110 Å². The molecule has 1 amide bonds. The fourth-order valence-electron chi connectivity index (χ4n) is 2.44. The van der Waals surface area contributed by atoms with Crippen LogP contribution in [0.1, 0.15) is 44.0 Å². The number of carboxylic acid groups (broad SMARTS) is 1. The summed E-state index contributed by atoms with van der Waals surface area (Å²) >= 11 is 0.762. The van der Waals surface area contributed by atoms with E-state index in [9.17, 15) is 24.3 Å². The summed E-state index contributed by atoms with van der Waals surface area (Å²) in [6, 6.07) is 5.33. The maximum Gasteiger partial charge on any atom is 0.326 e. The predicted octanol–water partition coefficient (Wildman–Crippen LogP) is 2.53. The van der Waals surface area contributed by atoms with Crippen molar-refractivity contribution in [3.63, 3.8) is 0 Å². The number of hydrogen-bond donors (Lipinski definition) is 2. The molecular weight excluding hydrogens is 370 g/mol. The Hall–Kier alpha value is -2.35. The van der Waals surface area contributed by atoms with Crippen LogP contribution in [-0.2, 0) is 14.4 Å². The van der Waals surface area contributed by atoms with Crippen LogP contribution in [0.15, 0.2) is 24.3 Å². The molecule has 0 aliphatic carbocycles. The molecule has 0 bridgehead atoms. The van der Waals surface area contributed by atoms with Crippen molar-refractivity contribution < 1.29 is 29.0 Å². The second-order valence-electron chi connectivity index (χ2n) is 6.48. The van der Waals surface area contributed by atoms with Gasteiger partial charge in [-0.15, -0.1) is 0 Å². The van der Waals surface area contributed by atoms with Gasteiger partial charge >= 0.3 is 5.97 Å². The summed E-state index contributed by atoms with van der Waals surface area (Å²) in [7, 11) is 1.51. The number of Topliss-reactive ketones (excluding diaryl/α,β-unsaturated/α-hetero) is 1. The molecule has 0 saturated carbocycles. The standard InChI is InChI=1S/C19H25NO6S/c1-11(2)9-15(19(24)25)20-17(22)10-16(27-12(3)21)18(23)13-5-7-14(26-4)8-6-13/h5-8,11,15-16H,9-10H2,1-4H3,(H,20,22)(H,24,25)/t15-,16?/m0/s1. The molecule has 0 aliphatic rings. The van der Waals surface area contributed by atoms with Crippen LogP contribution in [0.2, 0.25) is 0 Å². The lowest BCUT2D eigenvalue weighted by Gasteiger charge is -2.19. The monoisotopic (exact) mass is 395 g/mol. The number of carboxylic acids is 1. The lowest BCUT2D eigenvalue weighted by molar-refractivity contribution is -0.142. The van der Waals surface area contributed by atoms with Gasteiger partial charge in [0.05, 0.1) is 12.4 Å². The van der Waals surface area contributed by atoms with Gasteiger partial charge in [0.2, 0.25) is 5.91 Å². The molecule has 0 heterocycles. The molecule has 7 nitrogen and oxygen atoms in total. The van der Waals surface area contributed by atoms with E-state index < -0.39 is 23.2 Å². The van der Waals surface area contributed by atoms with Gasteiger partial charge in [0, 0.05) is 18.9 Å². The zero-order valence-electron chi connectivity index (χ0n) is 15.9. The second kappa shape index (κ2) is 10.7. The van der Waals surface area contributed by atoms with Crippen molar-refractivity contribution in [2.45, 2.75) is 44.9 Å². The molecule has 0 aromatic heterocycles. The van der Waals surface area contributed by atoms with E-state index in [1.165, 1.54) is 14.0 Å². The Bertz CT molecular complexity index is 686. The Morgan fingerprint density at radius 3 is 2.19 bits per heavy atom. The molecule has 2 N–H and O–H groups in total. The third kappa shape index (κ3) is 7.82. The minimum atomic E-state index is -1.13. The number of nitrogens with one attached hydrogen (secondary N) is 1. The fraction of sp³-hybridized carbons (Fsp3) is 0.474. The molecule has 0 spiro atoms. The van der Waals surface area contributed by atoms with Gasteiger partial charge in [0.1, 0.15) is 11.8 Å². The van der Waals surface area contributed by atoms with E-state index in [-0.39, 0.29) is 29.7 Å². The normalized spacial score (nSPS) is 12.9. The van der Waals surface area contributed by atoms with Crippen molar-refractivity contribution in [2.24, 2.45) is 5.92 Å². The highest BCUT2D eigenvalue weighted by Gasteiger charge is 2.28. The number of benzene rings is 1. The highest BCUT2D eigenvalue weighted by Crippen LogP contribution is 2.22. The van der Waals surface area contributed by atoms with E-state index in [0.717, 1.165) is 11.8 Å². The molecule has 148 valence electrons. The van der Waals surface area contributed by atoms with Crippen molar-refractivity contribution in [1.29, 1.82) is 0 Å². The van der Waals surface area contributed by atoms with Crippen molar-refractivity contribution in [3.05, 3.63) is 29.8 Å². The first-order valence-corrected chi connectivity index (χ1v) is 9.39. The zero-order chi connectivity index (χ0) is 20.6. The van der Waals surface area contributed by atoms with Crippen LogP contribution in [0, 0.1) is 5.92 Å². The lowest BCUT2D eigenvalue weighted by atomic mass is 10.0. The smallest absolute Gasteiger partial charge is 0.326 e. The summed E-state index contributed by atoms with van der Waals surface area (Å²) in [4.78, 5) is 47.8. The van der Waals surface area contributed by atoms with Crippen LogP contribution >= 0.6 is 11.8 Å². The molecule has 1 rings (SSSR count). The molecule has 2 atom stereocenters. The summed E-state index contributed by atoms with van der Waals surface area (Å²) in [5, 5.41) is 10.4. The molecule has 1 aromatic carbocycles. The third-order valence-electron chi connectivity index (χ3n) is 3.69. The highest BCUT2D eigenvalue weighted by atomic mass is 32.2. The average Bonchev–Trinajstić information content (AvgIpc) is 2.59. The lowest BCUT2D eigenvalue weighted by Crippen LogP contribution is -2.43. The summed E-state index contributed by atoms with van der Waals surface area (Å²) in [5.41, 5.74) is 0.347. The number of amides is 1. The number of rotatable bonds is 10. The number of ether oxygens (including phenoxy) is 1. The Kier molecular flexibility index (Phi) is 9.00. The molecule has 8 heteroatoms. The van der Waals surface area contributed by atoms with E-state index in [4.69, 9.17) is 4.74 Å². The summed E-state index contributed by atoms with van der Waals surface area (Å²) in [6.07, 6.45) is -0.00496. The maximum atomic E-state index is 12.7. The Morgan fingerprint density at radius 1 is 1.15 bits per heavy atom. The number of carbonyl (C=O) groups excluding carboxylic acids is 3. The van der Waals surface area contributed by atoms with Crippen LogP contribution in [0.25, 0.3) is 0 Å². The van der Waals surface area contributed by atoms with Gasteiger partial charge in [0.15, 0.2) is 10.9 Å². The van der Waals surface area contributed by atoms with Gasteiger partial charge in [0.25, 0.3) is 0 Å². The molecule has 0 radical (unpaired) electrons. The van der Waals surface area contributed by atoms with Crippen LogP contribution in [0.5, 0.6) is 5.75 Å². The average molecular weight is 395 g/mol. The van der Waals surface area contributed by atoms with Gasteiger partial charge in [-0.05, 0) is 36.6 Å². The van der Waals surface area contributed by atoms with Gasteiger partial charge < -0.3 is 15.2 Å². The number of thioether (sulfide) groups is 1. The Balaban J connectivity index is 2.89. The minimum Gasteiger partial charge on any atom is -0.497 e. The van der Waals surface area contributed by atoms with E-state index >= 15 is 0 Å². The first kappa shape index (κ1) is 22.7. The molecule has 27 heavy (non-hydrogen) atoms. The number of hydrogen-bond acceptors (Lipinski definition) is 6. The summed E-state index contributed by atoms with van der Waals surface area (Å²) in [6.45, 7) is 5.02. The Morgan fingerprint density at radius 2 is 1.74 bits per heavy atom. The first-order chi connectivity index (χ1) is 12.6. The van der Waals surface area contributed by atoms with Crippen LogP contribution in [-0.4, -0.2) is 46.3 Å². The van der Waals surface area contributed by atoms with E-state index in [0.29, 0.717) is 11.3 Å². The maximum absolute atomic E-state index is 12.7. The number of ketones is 1. The quantitative estimate of drug-likeness (QED) is 0.586. The number of aliphatic carboxylic acids is 1. The summed E-state index contributed by atoms with van der Waals surface area (Å²) < 4.78 is 5.05. The van der Waals surface area contributed by atoms with Crippen LogP contribution in [0.4, 0.5) is 0 Å². The molecule has 0 aliphatic heterocycles. The highest BCUT2D eigenvalue weighted by molar-refractivity contribution is 8.14. The van der Waals surface area contributed by atoms with Crippen LogP contribution < -0.4 is 10.1 Å². The van der Waals surface area contributed by atoms with Gasteiger partial charge in [-0.3, -0.25) is 14.4 Å². The molecular formula is C19H25NO6S. The number of methoxy groups -OCH3 is 1. The number of carbonyl (C=O) groups is 4. The van der Waals surface area contributed by atoms with Crippen molar-refractivity contribution in [3.8, 4) is 5.75 Å². The van der Waals surface area contributed by atoms with Crippen LogP contribution in [0.3, 0.4) is 0 Å². The van der Waals surface area contributed by atoms with E-state index in [1.54, 1.807) is 24.3 Å². The molecule has 1 unspecified atom stereocenters. The van der Waals surface area contributed by atoms with E-state index in [1.807, 2.05) is 13.8 Å². The third-order valence-corrected chi connectivity index (χ3v) is 4.68. The van der Waals surface area contributed by atoms with Crippen molar-refractivity contribution in [2.75, 3.05) is 7.11 Å². The van der Waals surface area contributed by atoms with Crippen molar-refractivity contribution >= 4 is 34.5 Å².